The first-order valence-electron chi connectivity index (χ1n) is 9.12. The van der Waals surface area contributed by atoms with Crippen LogP contribution in [-0.4, -0.2) is 31.2 Å². The Morgan fingerprint density at radius 1 is 1.08 bits per heavy atom. The third-order valence-corrected chi connectivity index (χ3v) is 4.97. The second-order valence-corrected chi connectivity index (χ2v) is 6.80. The molecule has 0 aliphatic carbocycles. The second kappa shape index (κ2) is 7.22. The molecule has 2 heterocycles. The molecule has 1 aliphatic rings. The van der Waals surface area contributed by atoms with Gasteiger partial charge in [0, 0.05) is 55.2 Å². The van der Waals surface area contributed by atoms with Crippen LogP contribution in [0.15, 0.2) is 53.3 Å². The van der Waals surface area contributed by atoms with Crippen molar-refractivity contribution in [1.29, 1.82) is 0 Å². The lowest BCUT2D eigenvalue weighted by Gasteiger charge is -2.31. The van der Waals surface area contributed by atoms with Crippen molar-refractivity contribution < 1.29 is 0 Å². The first-order valence-corrected chi connectivity index (χ1v) is 9.12. The summed E-state index contributed by atoms with van der Waals surface area (Å²) in [6.07, 6.45) is 0. The van der Waals surface area contributed by atoms with Crippen molar-refractivity contribution in [2.45, 2.75) is 13.5 Å². The van der Waals surface area contributed by atoms with E-state index in [-0.39, 0.29) is 5.56 Å². The Hall–Kier alpha value is -2.79. The van der Waals surface area contributed by atoms with Crippen molar-refractivity contribution in [2.75, 3.05) is 36.4 Å². The number of anilines is 2. The van der Waals surface area contributed by atoms with E-state index >= 15 is 0 Å². The largest absolute Gasteiger partial charge is 0.381 e. The Labute approximate surface area is 153 Å². The number of piperazine rings is 1. The Morgan fingerprint density at radius 3 is 2.69 bits per heavy atom. The summed E-state index contributed by atoms with van der Waals surface area (Å²) in [6.45, 7) is 6.80. The highest BCUT2D eigenvalue weighted by Crippen LogP contribution is 2.24. The van der Waals surface area contributed by atoms with Crippen molar-refractivity contribution in [3.63, 3.8) is 0 Å². The van der Waals surface area contributed by atoms with Gasteiger partial charge >= 0.3 is 0 Å². The van der Waals surface area contributed by atoms with Crippen LogP contribution in [0.4, 0.5) is 11.4 Å². The fourth-order valence-corrected chi connectivity index (χ4v) is 3.55. The lowest BCUT2D eigenvalue weighted by Crippen LogP contribution is -2.43. The van der Waals surface area contributed by atoms with E-state index in [0.29, 0.717) is 6.54 Å². The molecule has 0 amide bonds. The van der Waals surface area contributed by atoms with Gasteiger partial charge in [-0.2, -0.15) is 0 Å². The molecule has 0 atom stereocenters. The zero-order chi connectivity index (χ0) is 17.9. The van der Waals surface area contributed by atoms with Gasteiger partial charge < -0.3 is 20.5 Å². The molecule has 0 unspecified atom stereocenters. The molecule has 5 nitrogen and oxygen atoms in total. The number of pyridine rings is 1. The molecule has 4 rings (SSSR count). The highest BCUT2D eigenvalue weighted by molar-refractivity contribution is 5.78. The molecular weight excluding hydrogens is 324 g/mol. The van der Waals surface area contributed by atoms with Crippen LogP contribution in [0.1, 0.15) is 11.1 Å². The van der Waals surface area contributed by atoms with Crippen LogP contribution >= 0.6 is 0 Å². The van der Waals surface area contributed by atoms with E-state index in [1.165, 1.54) is 11.3 Å². The van der Waals surface area contributed by atoms with E-state index in [0.717, 1.165) is 48.3 Å². The number of nitrogens with zero attached hydrogens (tertiary/aromatic N) is 1. The third kappa shape index (κ3) is 3.44. The maximum Gasteiger partial charge on any atom is 0.253 e. The predicted molar refractivity (Wildman–Crippen MR) is 108 cm³/mol. The Balaban J connectivity index is 1.50. The summed E-state index contributed by atoms with van der Waals surface area (Å²) in [6, 6.07) is 16.2. The van der Waals surface area contributed by atoms with Crippen molar-refractivity contribution in [3.05, 3.63) is 70.0 Å². The van der Waals surface area contributed by atoms with E-state index in [2.05, 4.69) is 45.6 Å². The molecule has 5 heteroatoms. The molecule has 1 aromatic heterocycles. The van der Waals surface area contributed by atoms with Gasteiger partial charge in [0.05, 0.1) is 0 Å². The van der Waals surface area contributed by atoms with E-state index in [9.17, 15) is 4.79 Å². The zero-order valence-electron chi connectivity index (χ0n) is 15.0. The van der Waals surface area contributed by atoms with Crippen LogP contribution < -0.4 is 21.1 Å². The number of benzene rings is 2. The normalized spacial score (nSPS) is 14.6. The first kappa shape index (κ1) is 16.7. The molecule has 26 heavy (non-hydrogen) atoms. The van der Waals surface area contributed by atoms with Gasteiger partial charge in [-0.15, -0.1) is 0 Å². The molecule has 3 aromatic rings. The van der Waals surface area contributed by atoms with Gasteiger partial charge in [0.25, 0.3) is 5.56 Å². The summed E-state index contributed by atoms with van der Waals surface area (Å²) >= 11 is 0. The molecule has 3 N–H and O–H groups in total. The molecule has 0 spiro atoms. The summed E-state index contributed by atoms with van der Waals surface area (Å²) in [4.78, 5) is 17.6. The lowest BCUT2D eigenvalue weighted by molar-refractivity contribution is 0.588. The third-order valence-electron chi connectivity index (χ3n) is 4.97. The van der Waals surface area contributed by atoms with Crippen molar-refractivity contribution in [3.8, 4) is 0 Å². The van der Waals surface area contributed by atoms with E-state index in [4.69, 9.17) is 0 Å². The lowest BCUT2D eigenvalue weighted by atomic mass is 10.1. The molecule has 1 saturated heterocycles. The predicted octanol–water partition coefficient (Wildman–Crippen LogP) is 2.86. The molecule has 2 aromatic carbocycles. The average Bonchev–Trinajstić information content (AvgIpc) is 2.67. The molecule has 0 saturated carbocycles. The van der Waals surface area contributed by atoms with Crippen LogP contribution in [0, 0.1) is 6.92 Å². The summed E-state index contributed by atoms with van der Waals surface area (Å²) in [5.74, 6) is 0. The monoisotopic (exact) mass is 348 g/mol. The highest BCUT2D eigenvalue weighted by atomic mass is 16.1. The van der Waals surface area contributed by atoms with Gasteiger partial charge in [-0.05, 0) is 48.2 Å². The number of aryl methyl sites for hydroxylation is 1. The van der Waals surface area contributed by atoms with Gasteiger partial charge in [-0.25, -0.2) is 0 Å². The number of fused-ring (bicyclic) bond motifs is 1. The molecular formula is C21H24N4O. The second-order valence-electron chi connectivity index (χ2n) is 6.80. The average molecular weight is 348 g/mol. The highest BCUT2D eigenvalue weighted by Gasteiger charge is 2.12. The van der Waals surface area contributed by atoms with Crippen LogP contribution in [0.3, 0.4) is 0 Å². The molecule has 0 radical (unpaired) electrons. The number of rotatable bonds is 4. The summed E-state index contributed by atoms with van der Waals surface area (Å²) in [7, 11) is 0. The van der Waals surface area contributed by atoms with E-state index in [1.54, 1.807) is 0 Å². The Kier molecular flexibility index (Phi) is 4.63. The number of hydrogen-bond donors (Lipinski definition) is 3. The maximum atomic E-state index is 12.3. The van der Waals surface area contributed by atoms with Gasteiger partial charge in [0.1, 0.15) is 0 Å². The maximum absolute atomic E-state index is 12.3. The summed E-state index contributed by atoms with van der Waals surface area (Å²) in [5, 5.41) is 7.82. The van der Waals surface area contributed by atoms with E-state index < -0.39 is 0 Å². The number of aromatic nitrogens is 1. The van der Waals surface area contributed by atoms with Crippen molar-refractivity contribution >= 4 is 22.3 Å². The van der Waals surface area contributed by atoms with Crippen LogP contribution in [0.25, 0.3) is 10.9 Å². The minimum absolute atomic E-state index is 0.0367. The number of H-pyrrole nitrogens is 1. The fourth-order valence-electron chi connectivity index (χ4n) is 3.55. The van der Waals surface area contributed by atoms with Gasteiger partial charge in [0.2, 0.25) is 0 Å². The zero-order valence-corrected chi connectivity index (χ0v) is 15.0. The first-order chi connectivity index (χ1) is 12.7. The van der Waals surface area contributed by atoms with Crippen LogP contribution in [0.5, 0.6) is 0 Å². The Bertz CT molecular complexity index is 973. The summed E-state index contributed by atoms with van der Waals surface area (Å²) < 4.78 is 0. The fraction of sp³-hybridized carbons (Fsp3) is 0.286. The standard InChI is InChI=1S/C21H24N4O/c1-15-12-18(6-7-20(15)25-10-8-22-9-11-25)23-14-17-13-16-4-2-3-5-19(16)24-21(17)26/h2-7,12-13,22-23H,8-11,14H2,1H3,(H,24,26). The van der Waals surface area contributed by atoms with Gasteiger partial charge in [-0.1, -0.05) is 18.2 Å². The minimum atomic E-state index is -0.0367. The quantitative estimate of drug-likeness (QED) is 0.679. The molecule has 134 valence electrons. The van der Waals surface area contributed by atoms with Crippen molar-refractivity contribution in [2.24, 2.45) is 0 Å². The minimum Gasteiger partial charge on any atom is -0.381 e. The Morgan fingerprint density at radius 2 is 1.88 bits per heavy atom. The van der Waals surface area contributed by atoms with Crippen LogP contribution in [0.2, 0.25) is 0 Å². The number of nitrogens with one attached hydrogen (secondary N) is 3. The number of hydrogen-bond acceptors (Lipinski definition) is 4. The number of para-hydroxylation sites is 1. The van der Waals surface area contributed by atoms with Crippen LogP contribution in [-0.2, 0) is 6.54 Å². The van der Waals surface area contributed by atoms with Crippen molar-refractivity contribution in [1.82, 2.24) is 10.3 Å². The van der Waals surface area contributed by atoms with E-state index in [1.807, 2.05) is 30.3 Å². The molecule has 1 aliphatic heterocycles. The molecule has 0 bridgehead atoms. The van der Waals surface area contributed by atoms with Gasteiger partial charge in [-0.3, -0.25) is 4.79 Å². The topological polar surface area (TPSA) is 60.2 Å². The summed E-state index contributed by atoms with van der Waals surface area (Å²) in [5.41, 5.74) is 5.16. The number of aromatic amines is 1. The molecule has 1 fully saturated rings. The van der Waals surface area contributed by atoms with Gasteiger partial charge in [0.15, 0.2) is 0 Å². The smallest absolute Gasteiger partial charge is 0.253 e. The SMILES string of the molecule is Cc1cc(NCc2cc3ccccc3[nH]c2=O)ccc1N1CCNCC1.